The number of aliphatic hydroxyl groups is 1. The van der Waals surface area contributed by atoms with Crippen molar-refractivity contribution in [1.29, 1.82) is 0 Å². The van der Waals surface area contributed by atoms with Crippen molar-refractivity contribution in [2.75, 3.05) is 13.2 Å². The number of esters is 2. The number of nitro groups is 1. The van der Waals surface area contributed by atoms with Gasteiger partial charge in [0.05, 0.1) is 17.4 Å². The predicted molar refractivity (Wildman–Crippen MR) is 99.1 cm³/mol. The fraction of sp³-hybridized carbons (Fsp3) is 0.500. The van der Waals surface area contributed by atoms with Crippen molar-refractivity contribution in [3.63, 3.8) is 0 Å². The van der Waals surface area contributed by atoms with Gasteiger partial charge in [0.2, 0.25) is 0 Å². The topological polar surface area (TPSA) is 116 Å². The summed E-state index contributed by atoms with van der Waals surface area (Å²) in [7, 11) is 0. The van der Waals surface area contributed by atoms with Crippen LogP contribution in [0.2, 0.25) is 0 Å². The van der Waals surface area contributed by atoms with Gasteiger partial charge in [-0.25, -0.2) is 4.79 Å². The van der Waals surface area contributed by atoms with Gasteiger partial charge < -0.3 is 14.6 Å². The molecule has 0 radical (unpaired) electrons. The number of carbonyl (C=O) groups is 2. The molecule has 0 amide bonds. The summed E-state index contributed by atoms with van der Waals surface area (Å²) in [4.78, 5) is 34.7. The van der Waals surface area contributed by atoms with Crippen molar-refractivity contribution in [1.82, 2.24) is 0 Å². The van der Waals surface area contributed by atoms with E-state index in [4.69, 9.17) is 9.47 Å². The number of hydrogen-bond acceptors (Lipinski definition) is 7. The second-order valence-corrected chi connectivity index (χ2v) is 7.37. The maximum absolute atomic E-state index is 12.2. The van der Waals surface area contributed by atoms with Crippen molar-refractivity contribution in [3.05, 3.63) is 45.5 Å². The molecule has 28 heavy (non-hydrogen) atoms. The molecule has 1 aromatic rings. The molecular weight excluding hydrogens is 366 g/mol. The Bertz CT molecular complexity index is 780. The Balaban J connectivity index is 1.65. The maximum Gasteiger partial charge on any atom is 0.334 e. The van der Waals surface area contributed by atoms with E-state index in [1.54, 1.807) is 6.08 Å². The van der Waals surface area contributed by atoms with E-state index >= 15 is 0 Å². The molecule has 1 saturated carbocycles. The number of nitro benzene ring substituents is 1. The first kappa shape index (κ1) is 20.0. The van der Waals surface area contributed by atoms with Gasteiger partial charge in [-0.15, -0.1) is 0 Å². The van der Waals surface area contributed by atoms with Gasteiger partial charge >= 0.3 is 11.9 Å². The highest BCUT2D eigenvalue weighted by molar-refractivity contribution is 5.96. The van der Waals surface area contributed by atoms with Crippen LogP contribution in [0.1, 0.15) is 44.1 Å². The minimum atomic E-state index is -1.28. The molecule has 1 aromatic carbocycles. The third-order valence-corrected chi connectivity index (χ3v) is 5.23. The molecule has 1 heterocycles. The molecule has 2 aliphatic rings. The van der Waals surface area contributed by atoms with E-state index in [0.717, 1.165) is 32.1 Å². The Labute approximate surface area is 162 Å². The van der Waals surface area contributed by atoms with Gasteiger partial charge in [0, 0.05) is 24.1 Å². The number of aliphatic hydroxyl groups excluding tert-OH is 1. The highest BCUT2D eigenvalue weighted by Gasteiger charge is 2.45. The molecule has 150 valence electrons. The van der Waals surface area contributed by atoms with Gasteiger partial charge in [-0.3, -0.25) is 14.9 Å². The molecule has 8 heteroatoms. The minimum Gasteiger partial charge on any atom is -0.461 e. The third kappa shape index (κ3) is 4.56. The van der Waals surface area contributed by atoms with Gasteiger partial charge in [-0.05, 0) is 36.6 Å². The molecule has 1 aliphatic carbocycles. The van der Waals surface area contributed by atoms with Gasteiger partial charge in [0.1, 0.15) is 6.61 Å². The second-order valence-electron chi connectivity index (χ2n) is 7.37. The summed E-state index contributed by atoms with van der Waals surface area (Å²) >= 11 is 0. The largest absolute Gasteiger partial charge is 0.461 e. The van der Waals surface area contributed by atoms with Crippen LogP contribution in [0.5, 0.6) is 0 Å². The number of cyclic esters (lactones) is 1. The Morgan fingerprint density at radius 1 is 1.29 bits per heavy atom. The lowest BCUT2D eigenvalue weighted by Gasteiger charge is -2.26. The minimum absolute atomic E-state index is 0.0459. The van der Waals surface area contributed by atoms with Crippen LogP contribution in [-0.2, 0) is 19.1 Å². The SMILES string of the molecule is O=C1OC(CO)(COC(=O)C2CCCCC2)C/C1=C/c1ccc([N+](=O)[O-])cc1. The first-order valence-corrected chi connectivity index (χ1v) is 9.38. The molecule has 1 unspecified atom stereocenters. The molecule has 0 spiro atoms. The quantitative estimate of drug-likeness (QED) is 0.344. The summed E-state index contributed by atoms with van der Waals surface area (Å²) in [5.41, 5.74) is -0.411. The average Bonchev–Trinajstić information content (AvgIpc) is 3.03. The number of nitrogens with zero attached hydrogens (tertiary/aromatic N) is 1. The second kappa shape index (κ2) is 8.52. The van der Waals surface area contributed by atoms with Crippen LogP contribution in [-0.4, -0.2) is 40.8 Å². The molecule has 1 N–H and O–H groups in total. The summed E-state index contributed by atoms with van der Waals surface area (Å²) in [6, 6.07) is 5.75. The van der Waals surface area contributed by atoms with Crippen molar-refractivity contribution in [2.45, 2.75) is 44.1 Å². The average molecular weight is 389 g/mol. The van der Waals surface area contributed by atoms with Crippen molar-refractivity contribution >= 4 is 23.7 Å². The number of hydrogen-bond donors (Lipinski definition) is 1. The Morgan fingerprint density at radius 3 is 2.57 bits per heavy atom. The van der Waals surface area contributed by atoms with Crippen LogP contribution >= 0.6 is 0 Å². The molecule has 0 bridgehead atoms. The van der Waals surface area contributed by atoms with Gasteiger partial charge in [-0.2, -0.15) is 0 Å². The summed E-state index contributed by atoms with van der Waals surface area (Å²) in [6.45, 7) is -0.656. The molecular formula is C20H23NO7. The van der Waals surface area contributed by atoms with Crippen LogP contribution < -0.4 is 0 Å². The standard InChI is InChI=1S/C20H23NO7/c22-12-20(13-27-18(23)15-4-2-1-3-5-15)11-16(19(24)28-20)10-14-6-8-17(9-7-14)21(25)26/h6-10,15,22H,1-5,11-13H2/b16-10-. The van der Waals surface area contributed by atoms with Crippen LogP contribution in [0.25, 0.3) is 6.08 Å². The van der Waals surface area contributed by atoms with Crippen LogP contribution in [0, 0.1) is 16.0 Å². The monoisotopic (exact) mass is 389 g/mol. The van der Waals surface area contributed by atoms with Crippen molar-refractivity contribution < 1.29 is 29.1 Å². The summed E-state index contributed by atoms with van der Waals surface area (Å²) < 4.78 is 10.7. The van der Waals surface area contributed by atoms with E-state index in [-0.39, 0.29) is 30.6 Å². The fourth-order valence-corrected chi connectivity index (χ4v) is 3.59. The first-order valence-electron chi connectivity index (χ1n) is 9.38. The Kier molecular flexibility index (Phi) is 6.08. The normalized spacial score (nSPS) is 24.2. The lowest BCUT2D eigenvalue weighted by molar-refractivity contribution is -0.384. The van der Waals surface area contributed by atoms with Crippen molar-refractivity contribution in [2.24, 2.45) is 5.92 Å². The summed E-state index contributed by atoms with van der Waals surface area (Å²) in [5.74, 6) is -1.03. The molecule has 1 aliphatic heterocycles. The lowest BCUT2D eigenvalue weighted by Crippen LogP contribution is -2.40. The molecule has 1 saturated heterocycles. The zero-order valence-corrected chi connectivity index (χ0v) is 15.5. The number of ether oxygens (including phenoxy) is 2. The number of rotatable bonds is 6. The zero-order chi connectivity index (χ0) is 20.1. The van der Waals surface area contributed by atoms with Gasteiger partial charge in [-0.1, -0.05) is 19.3 Å². The number of non-ortho nitro benzene ring substituents is 1. The number of benzene rings is 1. The molecule has 0 aromatic heterocycles. The van der Waals surface area contributed by atoms with Crippen LogP contribution in [0.4, 0.5) is 5.69 Å². The van der Waals surface area contributed by atoms with E-state index in [1.165, 1.54) is 24.3 Å². The third-order valence-electron chi connectivity index (χ3n) is 5.23. The fourth-order valence-electron chi connectivity index (χ4n) is 3.59. The van der Waals surface area contributed by atoms with Gasteiger partial charge in [0.15, 0.2) is 5.60 Å². The molecule has 1 atom stereocenters. The van der Waals surface area contributed by atoms with E-state index in [2.05, 4.69) is 0 Å². The van der Waals surface area contributed by atoms with E-state index in [0.29, 0.717) is 11.1 Å². The molecule has 3 rings (SSSR count). The van der Waals surface area contributed by atoms with Crippen LogP contribution in [0.15, 0.2) is 29.8 Å². The molecule has 8 nitrogen and oxygen atoms in total. The van der Waals surface area contributed by atoms with Gasteiger partial charge in [0.25, 0.3) is 5.69 Å². The predicted octanol–water partition coefficient (Wildman–Crippen LogP) is 2.78. The highest BCUT2D eigenvalue weighted by Crippen LogP contribution is 2.33. The first-order chi connectivity index (χ1) is 13.4. The number of carbonyl (C=O) groups excluding carboxylic acids is 2. The maximum atomic E-state index is 12.2. The summed E-state index contributed by atoms with van der Waals surface area (Å²) in [5, 5.41) is 20.5. The summed E-state index contributed by atoms with van der Waals surface area (Å²) in [6.07, 6.45) is 6.39. The van der Waals surface area contributed by atoms with E-state index in [1.807, 2.05) is 0 Å². The Morgan fingerprint density at radius 2 is 1.96 bits per heavy atom. The zero-order valence-electron chi connectivity index (χ0n) is 15.5. The van der Waals surface area contributed by atoms with E-state index < -0.39 is 23.1 Å². The lowest BCUT2D eigenvalue weighted by atomic mass is 9.89. The molecule has 2 fully saturated rings. The van der Waals surface area contributed by atoms with Crippen LogP contribution in [0.3, 0.4) is 0 Å². The highest BCUT2D eigenvalue weighted by atomic mass is 16.6. The van der Waals surface area contributed by atoms with Crippen molar-refractivity contribution in [3.8, 4) is 0 Å². The smallest absolute Gasteiger partial charge is 0.334 e. The Hall–Kier alpha value is -2.74. The van der Waals surface area contributed by atoms with E-state index in [9.17, 15) is 24.8 Å².